The van der Waals surface area contributed by atoms with Crippen LogP contribution in [0, 0.1) is 0 Å². The summed E-state index contributed by atoms with van der Waals surface area (Å²) in [5, 5.41) is 7.02. The van der Waals surface area contributed by atoms with Crippen molar-refractivity contribution < 1.29 is 4.79 Å². The van der Waals surface area contributed by atoms with Crippen LogP contribution in [0.25, 0.3) is 10.9 Å². The molecule has 5 nitrogen and oxygen atoms in total. The average Bonchev–Trinajstić information content (AvgIpc) is 2.44. The van der Waals surface area contributed by atoms with E-state index in [1.54, 1.807) is 6.20 Å². The number of aromatic nitrogens is 1. The zero-order chi connectivity index (χ0) is 14.1. The number of halogens is 1. The normalized spacial score (nSPS) is 18.9. The van der Waals surface area contributed by atoms with Crippen molar-refractivity contribution in [3.05, 3.63) is 28.9 Å². The maximum absolute atomic E-state index is 11.8. The molecule has 2 heterocycles. The minimum absolute atomic E-state index is 0.0401. The molecule has 4 N–H and O–H groups in total. The van der Waals surface area contributed by atoms with Gasteiger partial charge in [0.1, 0.15) is 6.04 Å². The van der Waals surface area contributed by atoms with Crippen molar-refractivity contribution in [2.24, 2.45) is 0 Å². The van der Waals surface area contributed by atoms with Crippen LogP contribution in [0.3, 0.4) is 0 Å². The molecule has 1 aromatic heterocycles. The number of pyridine rings is 1. The monoisotopic (exact) mass is 334 g/mol. The molecule has 6 heteroatoms. The molecule has 1 saturated heterocycles. The van der Waals surface area contributed by atoms with Crippen molar-refractivity contribution in [3.8, 4) is 0 Å². The Morgan fingerprint density at radius 2 is 2.30 bits per heavy atom. The second kappa shape index (κ2) is 5.28. The SMILES string of the molecule is Nc1ccc(NC2CCCNC2=O)c2ncc(Br)cc12. The minimum Gasteiger partial charge on any atom is -0.398 e. The predicted octanol–water partition coefficient (Wildman–Crippen LogP) is 2.27. The number of hydrogen-bond donors (Lipinski definition) is 3. The van der Waals surface area contributed by atoms with E-state index in [4.69, 9.17) is 5.73 Å². The van der Waals surface area contributed by atoms with Crippen LogP contribution in [0.1, 0.15) is 12.8 Å². The first-order chi connectivity index (χ1) is 9.65. The highest BCUT2D eigenvalue weighted by Gasteiger charge is 2.22. The molecule has 1 aliphatic rings. The van der Waals surface area contributed by atoms with Crippen LogP contribution >= 0.6 is 15.9 Å². The fourth-order valence-corrected chi connectivity index (χ4v) is 2.76. The molecule has 1 aromatic carbocycles. The fraction of sp³-hybridized carbons (Fsp3) is 0.286. The number of benzene rings is 1. The van der Waals surface area contributed by atoms with Gasteiger partial charge in [-0.2, -0.15) is 0 Å². The lowest BCUT2D eigenvalue weighted by atomic mass is 10.1. The predicted molar refractivity (Wildman–Crippen MR) is 83.5 cm³/mol. The number of rotatable bonds is 2. The Kier molecular flexibility index (Phi) is 3.48. The van der Waals surface area contributed by atoms with Gasteiger partial charge in [-0.3, -0.25) is 9.78 Å². The molecule has 0 radical (unpaired) electrons. The molecule has 3 rings (SSSR count). The Balaban J connectivity index is 1.99. The highest BCUT2D eigenvalue weighted by molar-refractivity contribution is 9.10. The first-order valence-corrected chi connectivity index (χ1v) is 7.32. The Morgan fingerprint density at radius 3 is 3.10 bits per heavy atom. The van der Waals surface area contributed by atoms with E-state index in [9.17, 15) is 4.79 Å². The maximum atomic E-state index is 11.8. The van der Waals surface area contributed by atoms with Crippen LogP contribution in [-0.2, 0) is 4.79 Å². The van der Waals surface area contributed by atoms with Crippen LogP contribution < -0.4 is 16.4 Å². The van der Waals surface area contributed by atoms with Gasteiger partial charge in [-0.1, -0.05) is 0 Å². The molecule has 0 saturated carbocycles. The molecular weight excluding hydrogens is 320 g/mol. The van der Waals surface area contributed by atoms with Gasteiger partial charge in [-0.15, -0.1) is 0 Å². The number of carbonyl (C=O) groups is 1. The lowest BCUT2D eigenvalue weighted by molar-refractivity contribution is -0.123. The zero-order valence-corrected chi connectivity index (χ0v) is 12.4. The number of carbonyl (C=O) groups excluding carboxylic acids is 1. The van der Waals surface area contributed by atoms with E-state index in [-0.39, 0.29) is 11.9 Å². The minimum atomic E-state index is -0.207. The number of nitrogens with two attached hydrogens (primary N) is 1. The Morgan fingerprint density at radius 1 is 1.45 bits per heavy atom. The third-order valence-electron chi connectivity index (χ3n) is 3.47. The topological polar surface area (TPSA) is 80.0 Å². The van der Waals surface area contributed by atoms with E-state index in [1.165, 1.54) is 0 Å². The molecule has 1 unspecified atom stereocenters. The Hall–Kier alpha value is -1.82. The molecule has 0 aliphatic carbocycles. The average molecular weight is 335 g/mol. The van der Waals surface area contributed by atoms with E-state index in [2.05, 4.69) is 31.5 Å². The van der Waals surface area contributed by atoms with E-state index in [0.717, 1.165) is 40.4 Å². The van der Waals surface area contributed by atoms with Gasteiger partial charge < -0.3 is 16.4 Å². The van der Waals surface area contributed by atoms with Gasteiger partial charge in [0, 0.05) is 28.3 Å². The van der Waals surface area contributed by atoms with Gasteiger partial charge in [0.15, 0.2) is 0 Å². The van der Waals surface area contributed by atoms with Gasteiger partial charge in [0.2, 0.25) is 5.91 Å². The largest absolute Gasteiger partial charge is 0.398 e. The molecule has 0 bridgehead atoms. The van der Waals surface area contributed by atoms with E-state index < -0.39 is 0 Å². The van der Waals surface area contributed by atoms with Crippen LogP contribution in [0.15, 0.2) is 28.9 Å². The molecule has 104 valence electrons. The lowest BCUT2D eigenvalue weighted by Crippen LogP contribution is -2.44. The van der Waals surface area contributed by atoms with Gasteiger partial charge >= 0.3 is 0 Å². The van der Waals surface area contributed by atoms with Gasteiger partial charge in [-0.25, -0.2) is 0 Å². The number of anilines is 2. The lowest BCUT2D eigenvalue weighted by Gasteiger charge is -2.24. The first kappa shape index (κ1) is 13.2. The van der Waals surface area contributed by atoms with Crippen molar-refractivity contribution in [3.63, 3.8) is 0 Å². The summed E-state index contributed by atoms with van der Waals surface area (Å²) in [4.78, 5) is 16.2. The van der Waals surface area contributed by atoms with Crippen molar-refractivity contribution in [2.45, 2.75) is 18.9 Å². The molecular formula is C14H15BrN4O. The molecule has 2 aromatic rings. The Labute approximate surface area is 125 Å². The van der Waals surface area contributed by atoms with E-state index in [0.29, 0.717) is 5.69 Å². The van der Waals surface area contributed by atoms with E-state index in [1.807, 2.05) is 18.2 Å². The van der Waals surface area contributed by atoms with Crippen LogP contribution in [0.5, 0.6) is 0 Å². The smallest absolute Gasteiger partial charge is 0.242 e. The van der Waals surface area contributed by atoms with Gasteiger partial charge in [-0.05, 0) is 47.0 Å². The second-order valence-electron chi connectivity index (χ2n) is 4.88. The number of hydrogen-bond acceptors (Lipinski definition) is 4. The molecule has 1 aliphatic heterocycles. The van der Waals surface area contributed by atoms with Crippen molar-refractivity contribution >= 4 is 44.1 Å². The number of nitrogen functional groups attached to an aromatic ring is 1. The third kappa shape index (κ3) is 2.43. The standard InChI is InChI=1S/C14H15BrN4O/c15-8-6-9-10(16)3-4-11(13(9)18-7-8)19-12-2-1-5-17-14(12)20/h3-4,6-7,12,19H,1-2,5,16H2,(H,17,20). The summed E-state index contributed by atoms with van der Waals surface area (Å²) >= 11 is 3.40. The maximum Gasteiger partial charge on any atom is 0.242 e. The summed E-state index contributed by atoms with van der Waals surface area (Å²) in [5.74, 6) is 0.0401. The molecule has 1 fully saturated rings. The first-order valence-electron chi connectivity index (χ1n) is 6.53. The summed E-state index contributed by atoms with van der Waals surface area (Å²) in [6, 6.07) is 5.44. The molecule has 1 atom stereocenters. The molecule has 1 amide bonds. The zero-order valence-electron chi connectivity index (χ0n) is 10.8. The number of amides is 1. The second-order valence-corrected chi connectivity index (χ2v) is 5.80. The summed E-state index contributed by atoms with van der Waals surface area (Å²) < 4.78 is 0.879. The Bertz CT molecular complexity index is 674. The third-order valence-corrected chi connectivity index (χ3v) is 3.90. The highest BCUT2D eigenvalue weighted by atomic mass is 79.9. The number of piperidine rings is 1. The number of fused-ring (bicyclic) bond motifs is 1. The number of nitrogens with zero attached hydrogens (tertiary/aromatic N) is 1. The fourth-order valence-electron chi connectivity index (χ4n) is 2.43. The van der Waals surface area contributed by atoms with Crippen molar-refractivity contribution in [1.29, 1.82) is 0 Å². The van der Waals surface area contributed by atoms with E-state index >= 15 is 0 Å². The summed E-state index contributed by atoms with van der Waals surface area (Å²) in [7, 11) is 0. The van der Waals surface area contributed by atoms with Crippen LogP contribution in [0.4, 0.5) is 11.4 Å². The molecule has 20 heavy (non-hydrogen) atoms. The van der Waals surface area contributed by atoms with Crippen molar-refractivity contribution in [2.75, 3.05) is 17.6 Å². The quantitative estimate of drug-likeness (QED) is 0.736. The highest BCUT2D eigenvalue weighted by Crippen LogP contribution is 2.29. The molecule has 0 spiro atoms. The summed E-state index contributed by atoms with van der Waals surface area (Å²) in [6.45, 7) is 0.755. The number of nitrogens with one attached hydrogen (secondary N) is 2. The van der Waals surface area contributed by atoms with Crippen LogP contribution in [-0.4, -0.2) is 23.5 Å². The van der Waals surface area contributed by atoms with Crippen molar-refractivity contribution in [1.82, 2.24) is 10.3 Å². The summed E-state index contributed by atoms with van der Waals surface area (Å²) in [6.07, 6.45) is 3.54. The van der Waals surface area contributed by atoms with Crippen LogP contribution in [0.2, 0.25) is 0 Å². The van der Waals surface area contributed by atoms with Gasteiger partial charge in [0.05, 0.1) is 11.2 Å². The summed E-state index contributed by atoms with van der Waals surface area (Å²) in [5.41, 5.74) is 8.28. The van der Waals surface area contributed by atoms with Gasteiger partial charge in [0.25, 0.3) is 0 Å².